The minimum atomic E-state index is -0.267. The monoisotopic (exact) mass is 663 g/mol. The van der Waals surface area contributed by atoms with E-state index in [4.69, 9.17) is 9.97 Å². The van der Waals surface area contributed by atoms with Crippen LogP contribution in [0.25, 0.3) is 93.7 Å². The van der Waals surface area contributed by atoms with Gasteiger partial charge in [0.25, 0.3) is 0 Å². The molecular formula is C49H33N3. The zero-order valence-electron chi connectivity index (χ0n) is 28.9. The normalized spacial score (nSPS) is 13.3. The molecule has 0 spiro atoms. The van der Waals surface area contributed by atoms with Crippen molar-refractivity contribution in [2.24, 2.45) is 0 Å². The number of rotatable bonds is 3. The van der Waals surface area contributed by atoms with Gasteiger partial charge in [-0.05, 0) is 67.4 Å². The largest absolute Gasteiger partial charge is 0.277 e. The molecule has 0 unspecified atom stereocenters. The topological polar surface area (TPSA) is 30.7 Å². The van der Waals surface area contributed by atoms with E-state index in [1.54, 1.807) is 0 Å². The van der Waals surface area contributed by atoms with Gasteiger partial charge < -0.3 is 0 Å². The Balaban J connectivity index is 1.29. The fraction of sp³-hybridized carbons (Fsp3) is 0.0612. The van der Waals surface area contributed by atoms with Crippen LogP contribution < -0.4 is 0 Å². The molecule has 1 aliphatic carbocycles. The summed E-state index contributed by atoms with van der Waals surface area (Å²) in [5, 5.41) is 9.76. The molecule has 244 valence electrons. The highest BCUT2D eigenvalue weighted by Gasteiger charge is 2.42. The van der Waals surface area contributed by atoms with E-state index in [0.717, 1.165) is 27.7 Å². The van der Waals surface area contributed by atoms with Crippen molar-refractivity contribution < 1.29 is 0 Å². The van der Waals surface area contributed by atoms with Gasteiger partial charge in [-0.25, -0.2) is 9.97 Å². The number of aromatic nitrogens is 3. The van der Waals surface area contributed by atoms with Crippen LogP contribution in [0.3, 0.4) is 0 Å². The number of benzene rings is 8. The van der Waals surface area contributed by atoms with Crippen molar-refractivity contribution >= 4 is 54.1 Å². The molecule has 0 amide bonds. The molecule has 8 aromatic carbocycles. The molecule has 2 aromatic heterocycles. The van der Waals surface area contributed by atoms with Crippen molar-refractivity contribution in [3.05, 3.63) is 175 Å². The lowest BCUT2D eigenvalue weighted by molar-refractivity contribution is 0.667. The first-order valence-electron chi connectivity index (χ1n) is 18.0. The van der Waals surface area contributed by atoms with Gasteiger partial charge in [0.05, 0.1) is 22.4 Å². The highest BCUT2D eigenvalue weighted by atomic mass is 15.2. The molecule has 0 saturated carbocycles. The molecule has 10 aromatic rings. The Morgan fingerprint density at radius 2 is 1.04 bits per heavy atom. The second-order valence-electron chi connectivity index (χ2n) is 14.6. The molecule has 0 fully saturated rings. The maximum Gasteiger partial charge on any atom is 0.235 e. The lowest BCUT2D eigenvalue weighted by Crippen LogP contribution is -2.15. The molecule has 1 aliphatic rings. The van der Waals surface area contributed by atoms with Crippen molar-refractivity contribution in [3.8, 4) is 39.6 Å². The average Bonchev–Trinajstić information content (AvgIpc) is 3.68. The number of nitrogens with zero attached hydrogens (tertiary/aromatic N) is 3. The van der Waals surface area contributed by atoms with Crippen molar-refractivity contribution in [3.63, 3.8) is 0 Å². The Hall–Kier alpha value is -6.58. The predicted molar refractivity (Wildman–Crippen MR) is 217 cm³/mol. The number of para-hydroxylation sites is 1. The molecule has 0 aliphatic heterocycles. The fourth-order valence-corrected chi connectivity index (χ4v) is 8.94. The first-order valence-corrected chi connectivity index (χ1v) is 18.0. The Morgan fingerprint density at radius 3 is 1.79 bits per heavy atom. The minimum absolute atomic E-state index is 0.267. The highest BCUT2D eigenvalue weighted by molar-refractivity contribution is 6.28. The van der Waals surface area contributed by atoms with Crippen LogP contribution in [0, 0.1) is 0 Å². The highest BCUT2D eigenvalue weighted by Crippen LogP contribution is 2.56. The Labute approximate surface area is 301 Å². The van der Waals surface area contributed by atoms with Crippen molar-refractivity contribution in [1.82, 2.24) is 14.5 Å². The third-order valence-corrected chi connectivity index (χ3v) is 11.3. The summed E-state index contributed by atoms with van der Waals surface area (Å²) in [6.45, 7) is 4.78. The summed E-state index contributed by atoms with van der Waals surface area (Å²) in [6, 6.07) is 59.0. The summed E-state index contributed by atoms with van der Waals surface area (Å²) in [7, 11) is 0. The van der Waals surface area contributed by atoms with Crippen LogP contribution in [-0.2, 0) is 5.41 Å². The molecule has 0 saturated heterocycles. The number of fused-ring (bicyclic) bond motifs is 12. The lowest BCUT2D eigenvalue weighted by atomic mass is 9.80. The lowest BCUT2D eigenvalue weighted by Gasteiger charge is -2.23. The van der Waals surface area contributed by atoms with Crippen LogP contribution >= 0.6 is 0 Å². The first kappa shape index (κ1) is 29.2. The van der Waals surface area contributed by atoms with Crippen LogP contribution in [0.2, 0.25) is 0 Å². The van der Waals surface area contributed by atoms with Gasteiger partial charge in [-0.2, -0.15) is 0 Å². The van der Waals surface area contributed by atoms with Gasteiger partial charge in [-0.1, -0.05) is 159 Å². The van der Waals surface area contributed by atoms with E-state index in [2.05, 4.69) is 182 Å². The van der Waals surface area contributed by atoms with E-state index < -0.39 is 0 Å². The van der Waals surface area contributed by atoms with E-state index >= 15 is 0 Å². The second kappa shape index (κ2) is 10.7. The van der Waals surface area contributed by atoms with Gasteiger partial charge in [0.15, 0.2) is 0 Å². The van der Waals surface area contributed by atoms with Crippen molar-refractivity contribution in [2.75, 3.05) is 0 Å². The molecule has 0 bridgehead atoms. The standard InChI is InChI=1S/C49H33N3/c1-49(2)41-29-34-17-7-6-16-33(34)28-40(41)47-44(49)43-37-20-10-8-18-35(37)36-19-9-11-21-38(36)46(43)52(47)48-50-42-23-13-12-22-39(42)45(51-48)32-26-24-31(25-27-32)30-14-4-3-5-15-30/h3-29H,1-2H3. The summed E-state index contributed by atoms with van der Waals surface area (Å²) < 4.78 is 2.40. The Kier molecular flexibility index (Phi) is 6.01. The summed E-state index contributed by atoms with van der Waals surface area (Å²) in [6.07, 6.45) is 0. The zero-order chi connectivity index (χ0) is 34.6. The van der Waals surface area contributed by atoms with Crippen LogP contribution in [0.1, 0.15) is 25.0 Å². The predicted octanol–water partition coefficient (Wildman–Crippen LogP) is 12.7. The quantitative estimate of drug-likeness (QED) is 0.176. The maximum atomic E-state index is 5.57. The van der Waals surface area contributed by atoms with Crippen LogP contribution in [0.15, 0.2) is 164 Å². The maximum absolute atomic E-state index is 5.57. The van der Waals surface area contributed by atoms with Gasteiger partial charge in [0, 0.05) is 32.7 Å². The fourth-order valence-electron chi connectivity index (χ4n) is 8.94. The molecule has 0 N–H and O–H groups in total. The number of hydrogen-bond donors (Lipinski definition) is 0. The van der Waals surface area contributed by atoms with Crippen LogP contribution in [0.5, 0.6) is 0 Å². The first-order chi connectivity index (χ1) is 25.6. The molecule has 3 nitrogen and oxygen atoms in total. The van der Waals surface area contributed by atoms with Gasteiger partial charge in [0.2, 0.25) is 5.95 Å². The Morgan fingerprint density at radius 1 is 0.481 bits per heavy atom. The van der Waals surface area contributed by atoms with Crippen LogP contribution in [0.4, 0.5) is 0 Å². The average molecular weight is 664 g/mol. The molecule has 0 radical (unpaired) electrons. The van der Waals surface area contributed by atoms with E-state index in [1.807, 2.05) is 0 Å². The van der Waals surface area contributed by atoms with Crippen molar-refractivity contribution in [2.45, 2.75) is 19.3 Å². The minimum Gasteiger partial charge on any atom is -0.277 e. The summed E-state index contributed by atoms with van der Waals surface area (Å²) in [4.78, 5) is 11.0. The molecular weight excluding hydrogens is 631 g/mol. The molecule has 11 rings (SSSR count). The van der Waals surface area contributed by atoms with E-state index in [0.29, 0.717) is 5.95 Å². The smallest absolute Gasteiger partial charge is 0.235 e. The van der Waals surface area contributed by atoms with E-state index in [1.165, 1.54) is 71.2 Å². The molecule has 2 heterocycles. The van der Waals surface area contributed by atoms with Crippen molar-refractivity contribution in [1.29, 1.82) is 0 Å². The third kappa shape index (κ3) is 4.02. The molecule has 0 atom stereocenters. The summed E-state index contributed by atoms with van der Waals surface area (Å²) in [5.41, 5.74) is 11.3. The molecule has 52 heavy (non-hydrogen) atoms. The summed E-state index contributed by atoms with van der Waals surface area (Å²) in [5.74, 6) is 0.685. The number of hydrogen-bond acceptors (Lipinski definition) is 2. The second-order valence-corrected chi connectivity index (χ2v) is 14.6. The van der Waals surface area contributed by atoms with Gasteiger partial charge >= 0.3 is 0 Å². The molecule has 3 heteroatoms. The summed E-state index contributed by atoms with van der Waals surface area (Å²) >= 11 is 0. The SMILES string of the molecule is CC1(C)c2cc3ccccc3cc2-c2c1c1c3ccccc3c3ccccc3c1n2-c1nc(-c2ccc(-c3ccccc3)cc2)c2ccccc2n1. The third-order valence-electron chi connectivity index (χ3n) is 11.3. The Bertz CT molecular complexity index is 3080. The van der Waals surface area contributed by atoms with Gasteiger partial charge in [-0.3, -0.25) is 4.57 Å². The van der Waals surface area contributed by atoms with Crippen LogP contribution in [-0.4, -0.2) is 14.5 Å². The van der Waals surface area contributed by atoms with Gasteiger partial charge in [0.1, 0.15) is 0 Å². The van der Waals surface area contributed by atoms with E-state index in [9.17, 15) is 0 Å². The zero-order valence-corrected chi connectivity index (χ0v) is 28.9. The van der Waals surface area contributed by atoms with Gasteiger partial charge in [-0.15, -0.1) is 0 Å². The van der Waals surface area contributed by atoms with E-state index in [-0.39, 0.29) is 5.41 Å².